The van der Waals surface area contributed by atoms with Crippen molar-refractivity contribution in [1.29, 1.82) is 0 Å². The largest absolute Gasteiger partial charge is 0.480 e. The maximum absolute atomic E-state index is 11.0. The number of aliphatic carboxylic acids is 1. The minimum atomic E-state index is -0.798. The molecule has 1 unspecified atom stereocenters. The number of nitrogens with zero attached hydrogens (tertiary/aromatic N) is 2. The lowest BCUT2D eigenvalue weighted by Gasteiger charge is -2.12. The summed E-state index contributed by atoms with van der Waals surface area (Å²) >= 11 is 1.43. The van der Waals surface area contributed by atoms with E-state index in [0.29, 0.717) is 11.8 Å². The van der Waals surface area contributed by atoms with E-state index in [4.69, 9.17) is 5.11 Å². The van der Waals surface area contributed by atoms with Crippen molar-refractivity contribution in [3.05, 3.63) is 18.6 Å². The number of hydrogen-bond donors (Lipinski definition) is 2. The Morgan fingerprint density at radius 3 is 3.06 bits per heavy atom. The Morgan fingerprint density at radius 1 is 1.69 bits per heavy atom. The van der Waals surface area contributed by atoms with Crippen LogP contribution in [0.5, 0.6) is 0 Å². The summed E-state index contributed by atoms with van der Waals surface area (Å²) < 4.78 is 0. The van der Waals surface area contributed by atoms with Crippen LogP contribution in [0.2, 0.25) is 0 Å². The van der Waals surface area contributed by atoms with Gasteiger partial charge in [0.25, 0.3) is 0 Å². The number of aromatic nitrogens is 2. The summed E-state index contributed by atoms with van der Waals surface area (Å²) in [7, 11) is 0. The predicted molar refractivity (Wildman–Crippen MR) is 60.3 cm³/mol. The SMILES string of the molecule is O=C(O)C(CSc1ccncn1)NC1CC1. The summed E-state index contributed by atoms with van der Waals surface area (Å²) in [6.45, 7) is 0. The van der Waals surface area contributed by atoms with E-state index in [1.54, 1.807) is 12.3 Å². The monoisotopic (exact) mass is 239 g/mol. The first kappa shape index (κ1) is 11.3. The van der Waals surface area contributed by atoms with Crippen LogP contribution in [0.3, 0.4) is 0 Å². The average molecular weight is 239 g/mol. The molecule has 1 aromatic heterocycles. The van der Waals surface area contributed by atoms with Gasteiger partial charge in [0.2, 0.25) is 0 Å². The number of thioether (sulfide) groups is 1. The predicted octanol–water partition coefficient (Wildman–Crippen LogP) is 0.774. The lowest BCUT2D eigenvalue weighted by atomic mass is 10.3. The molecule has 2 rings (SSSR count). The van der Waals surface area contributed by atoms with Gasteiger partial charge in [-0.05, 0) is 18.9 Å². The summed E-state index contributed by atoms with van der Waals surface area (Å²) in [5.41, 5.74) is 0. The van der Waals surface area contributed by atoms with E-state index in [-0.39, 0.29) is 0 Å². The Morgan fingerprint density at radius 2 is 2.50 bits per heavy atom. The Kier molecular flexibility index (Phi) is 3.74. The lowest BCUT2D eigenvalue weighted by Crippen LogP contribution is -2.40. The van der Waals surface area contributed by atoms with Gasteiger partial charge in [-0.1, -0.05) is 0 Å². The first-order valence-electron chi connectivity index (χ1n) is 5.13. The maximum atomic E-state index is 11.0. The van der Waals surface area contributed by atoms with Crippen LogP contribution >= 0.6 is 11.8 Å². The molecule has 1 saturated carbocycles. The van der Waals surface area contributed by atoms with Crippen LogP contribution in [0.25, 0.3) is 0 Å². The Balaban J connectivity index is 1.83. The molecule has 1 aromatic rings. The Labute approximate surface area is 97.7 Å². The third-order valence-electron chi connectivity index (χ3n) is 2.27. The highest BCUT2D eigenvalue weighted by Crippen LogP contribution is 2.21. The first-order chi connectivity index (χ1) is 7.75. The van der Waals surface area contributed by atoms with Crippen LogP contribution in [0.1, 0.15) is 12.8 Å². The van der Waals surface area contributed by atoms with E-state index in [1.165, 1.54) is 18.1 Å². The summed E-state index contributed by atoms with van der Waals surface area (Å²) in [5, 5.41) is 12.9. The quantitative estimate of drug-likeness (QED) is 0.564. The zero-order chi connectivity index (χ0) is 11.4. The van der Waals surface area contributed by atoms with E-state index >= 15 is 0 Å². The van der Waals surface area contributed by atoms with Crippen LogP contribution in [0, 0.1) is 0 Å². The van der Waals surface area contributed by atoms with Crippen molar-refractivity contribution in [3.63, 3.8) is 0 Å². The fourth-order valence-corrected chi connectivity index (χ4v) is 2.11. The van der Waals surface area contributed by atoms with E-state index in [2.05, 4.69) is 15.3 Å². The molecule has 1 heterocycles. The van der Waals surface area contributed by atoms with Gasteiger partial charge < -0.3 is 10.4 Å². The van der Waals surface area contributed by atoms with E-state index in [1.807, 2.05) is 0 Å². The number of rotatable bonds is 6. The molecule has 1 fully saturated rings. The van der Waals surface area contributed by atoms with Crippen molar-refractivity contribution in [2.24, 2.45) is 0 Å². The van der Waals surface area contributed by atoms with Crippen molar-refractivity contribution in [2.45, 2.75) is 30.0 Å². The van der Waals surface area contributed by atoms with Gasteiger partial charge in [0, 0.05) is 18.0 Å². The number of nitrogens with one attached hydrogen (secondary N) is 1. The third kappa shape index (κ3) is 3.46. The first-order valence-corrected chi connectivity index (χ1v) is 6.12. The molecule has 6 heteroatoms. The molecule has 1 aliphatic carbocycles. The molecule has 0 spiro atoms. The minimum absolute atomic E-state index is 0.395. The van der Waals surface area contributed by atoms with Gasteiger partial charge in [0.05, 0.1) is 5.03 Å². The minimum Gasteiger partial charge on any atom is -0.480 e. The summed E-state index contributed by atoms with van der Waals surface area (Å²) in [4.78, 5) is 18.8. The molecule has 0 aliphatic heterocycles. The second-order valence-corrected chi connectivity index (χ2v) is 4.73. The highest BCUT2D eigenvalue weighted by atomic mass is 32.2. The second-order valence-electron chi connectivity index (χ2n) is 3.69. The molecular formula is C10H13N3O2S. The van der Waals surface area contributed by atoms with Gasteiger partial charge in [-0.15, -0.1) is 11.8 Å². The molecule has 5 nitrogen and oxygen atoms in total. The maximum Gasteiger partial charge on any atom is 0.321 e. The molecule has 0 bridgehead atoms. The molecule has 0 saturated heterocycles. The number of carbonyl (C=O) groups is 1. The molecule has 86 valence electrons. The van der Waals surface area contributed by atoms with Gasteiger partial charge in [-0.25, -0.2) is 9.97 Å². The van der Waals surface area contributed by atoms with Crippen LogP contribution in [-0.4, -0.2) is 38.9 Å². The van der Waals surface area contributed by atoms with Crippen LogP contribution in [-0.2, 0) is 4.79 Å². The number of carboxylic acid groups (broad SMARTS) is 1. The third-order valence-corrected chi connectivity index (χ3v) is 3.30. The van der Waals surface area contributed by atoms with E-state index in [9.17, 15) is 4.79 Å². The normalized spacial score (nSPS) is 17.0. The Hall–Kier alpha value is -1.14. The summed E-state index contributed by atoms with van der Waals surface area (Å²) in [6, 6.07) is 1.68. The zero-order valence-corrected chi connectivity index (χ0v) is 9.48. The summed E-state index contributed by atoms with van der Waals surface area (Å²) in [5.74, 6) is -0.309. The molecule has 1 atom stereocenters. The van der Waals surface area contributed by atoms with Gasteiger partial charge in [-0.3, -0.25) is 4.79 Å². The summed E-state index contributed by atoms with van der Waals surface area (Å²) in [6.07, 6.45) is 5.29. The van der Waals surface area contributed by atoms with Gasteiger partial charge in [-0.2, -0.15) is 0 Å². The lowest BCUT2D eigenvalue weighted by molar-refractivity contribution is -0.138. The highest BCUT2D eigenvalue weighted by molar-refractivity contribution is 7.99. The van der Waals surface area contributed by atoms with Crippen LogP contribution < -0.4 is 5.32 Å². The van der Waals surface area contributed by atoms with Gasteiger partial charge in [0.1, 0.15) is 12.4 Å². The van der Waals surface area contributed by atoms with Crippen molar-refractivity contribution in [2.75, 3.05) is 5.75 Å². The van der Waals surface area contributed by atoms with Crippen molar-refractivity contribution in [3.8, 4) is 0 Å². The van der Waals surface area contributed by atoms with Gasteiger partial charge in [0.15, 0.2) is 0 Å². The number of carboxylic acids is 1. The number of hydrogen-bond acceptors (Lipinski definition) is 5. The molecule has 1 aliphatic rings. The van der Waals surface area contributed by atoms with Crippen LogP contribution in [0.15, 0.2) is 23.6 Å². The van der Waals surface area contributed by atoms with E-state index < -0.39 is 12.0 Å². The molecule has 0 aromatic carbocycles. The highest BCUT2D eigenvalue weighted by Gasteiger charge is 2.28. The van der Waals surface area contributed by atoms with Crippen molar-refractivity contribution >= 4 is 17.7 Å². The zero-order valence-electron chi connectivity index (χ0n) is 8.67. The fourth-order valence-electron chi connectivity index (χ4n) is 1.26. The standard InChI is InChI=1S/C10H13N3O2S/c14-10(15)8(13-7-1-2-7)5-16-9-3-4-11-6-12-9/h3-4,6-8,13H,1-2,5H2,(H,14,15). The molecule has 0 radical (unpaired) electrons. The molecule has 2 N–H and O–H groups in total. The van der Waals surface area contributed by atoms with E-state index in [0.717, 1.165) is 17.9 Å². The molecular weight excluding hydrogens is 226 g/mol. The topological polar surface area (TPSA) is 75.1 Å². The van der Waals surface area contributed by atoms with Crippen molar-refractivity contribution in [1.82, 2.24) is 15.3 Å². The average Bonchev–Trinajstić information content (AvgIpc) is 3.09. The molecule has 16 heavy (non-hydrogen) atoms. The molecule has 0 amide bonds. The van der Waals surface area contributed by atoms with Gasteiger partial charge >= 0.3 is 5.97 Å². The smallest absolute Gasteiger partial charge is 0.321 e. The Bertz CT molecular complexity index is 356. The van der Waals surface area contributed by atoms with Crippen LogP contribution in [0.4, 0.5) is 0 Å². The fraction of sp³-hybridized carbons (Fsp3) is 0.500. The van der Waals surface area contributed by atoms with Crippen molar-refractivity contribution < 1.29 is 9.90 Å². The second kappa shape index (κ2) is 5.27.